The van der Waals surface area contributed by atoms with Crippen LogP contribution >= 0.6 is 0 Å². The Morgan fingerprint density at radius 3 is 2.33 bits per heavy atom. The van der Waals surface area contributed by atoms with E-state index in [2.05, 4.69) is 36.5 Å². The number of rotatable bonds is 9. The number of hydrogen-bond acceptors (Lipinski definition) is 4. The van der Waals surface area contributed by atoms with Gasteiger partial charge >= 0.3 is 0 Å². The molecule has 0 spiro atoms. The Labute approximate surface area is 180 Å². The minimum Gasteiger partial charge on any atom is -0.381 e. The maximum absolute atomic E-state index is 11.3. The number of nitrogens with one attached hydrogen (secondary N) is 1. The molecular weight excluding hydrogens is 376 g/mol. The molecule has 0 unspecified atom stereocenters. The Bertz CT molecular complexity index is 849. The molecule has 0 bridgehead atoms. The molecule has 5 heteroatoms. The number of nitro groups is 1. The van der Waals surface area contributed by atoms with Crippen LogP contribution < -0.4 is 5.32 Å². The number of nitrogens with zero attached hydrogens (tertiary/aromatic N) is 1. The monoisotopic (exact) mass is 410 g/mol. The summed E-state index contributed by atoms with van der Waals surface area (Å²) in [5, 5.41) is 14.8. The van der Waals surface area contributed by atoms with E-state index in [1.54, 1.807) is 0 Å². The van der Waals surface area contributed by atoms with Crippen LogP contribution in [0.3, 0.4) is 0 Å². The van der Waals surface area contributed by atoms with Crippen molar-refractivity contribution < 1.29 is 9.66 Å². The van der Waals surface area contributed by atoms with E-state index in [0.717, 1.165) is 75.1 Å². The van der Waals surface area contributed by atoms with Crippen molar-refractivity contribution in [2.24, 2.45) is 5.41 Å². The van der Waals surface area contributed by atoms with Crippen molar-refractivity contribution in [3.8, 4) is 0 Å². The first kappa shape index (κ1) is 22.4. The predicted octanol–water partition coefficient (Wildman–Crippen LogP) is 5.14. The highest BCUT2D eigenvalue weighted by atomic mass is 16.6. The van der Waals surface area contributed by atoms with Crippen LogP contribution in [0.25, 0.3) is 0 Å². The molecule has 0 amide bonds. The summed E-state index contributed by atoms with van der Waals surface area (Å²) in [6, 6.07) is 12.6. The van der Waals surface area contributed by atoms with Crippen LogP contribution in [-0.2, 0) is 17.6 Å². The summed E-state index contributed by atoms with van der Waals surface area (Å²) in [5.74, 6) is 0. The number of piperidine rings is 1. The predicted molar refractivity (Wildman–Crippen MR) is 121 cm³/mol. The molecule has 1 aliphatic rings. The number of nitro benzene ring substituents is 1. The highest BCUT2D eigenvalue weighted by Gasteiger charge is 2.32. The molecule has 3 rings (SSSR count). The van der Waals surface area contributed by atoms with E-state index in [4.69, 9.17) is 4.74 Å². The molecule has 2 aromatic carbocycles. The molecule has 0 aromatic heterocycles. The third-order valence-electron chi connectivity index (χ3n) is 6.45. The minimum absolute atomic E-state index is 0.232. The highest BCUT2D eigenvalue weighted by Crippen LogP contribution is 2.35. The lowest BCUT2D eigenvalue weighted by Gasteiger charge is -2.37. The molecule has 1 heterocycles. The molecule has 0 radical (unpaired) electrons. The van der Waals surface area contributed by atoms with Gasteiger partial charge in [0.2, 0.25) is 0 Å². The first-order valence-electron chi connectivity index (χ1n) is 11.0. The summed E-state index contributed by atoms with van der Waals surface area (Å²) in [4.78, 5) is 11.0. The third kappa shape index (κ3) is 5.46. The fourth-order valence-corrected chi connectivity index (χ4v) is 4.77. The van der Waals surface area contributed by atoms with Crippen LogP contribution in [0.5, 0.6) is 0 Å². The van der Waals surface area contributed by atoms with Crippen LogP contribution in [0.4, 0.5) is 5.69 Å². The highest BCUT2D eigenvalue weighted by molar-refractivity contribution is 5.50. The fourth-order valence-electron chi connectivity index (χ4n) is 4.77. The molecule has 0 atom stereocenters. The van der Waals surface area contributed by atoms with Gasteiger partial charge in [0.1, 0.15) is 0 Å². The van der Waals surface area contributed by atoms with Gasteiger partial charge in [0, 0.05) is 17.7 Å². The average Bonchev–Trinajstić information content (AvgIpc) is 2.72. The van der Waals surface area contributed by atoms with Crippen molar-refractivity contribution in [2.75, 3.05) is 26.3 Å². The standard InChI is InChI=1S/C25H34N2O3/c1-4-30-18-25(11-13-26-14-12-25)10-9-22-7-5-6-8-23(22)17-21-15-19(2)24(27(28)29)20(3)16-21/h5-8,15-16,26H,4,9-14,17-18H2,1-3H3. The van der Waals surface area contributed by atoms with E-state index in [-0.39, 0.29) is 16.0 Å². The van der Waals surface area contributed by atoms with Gasteiger partial charge in [0.15, 0.2) is 0 Å². The molecule has 1 aliphatic heterocycles. The smallest absolute Gasteiger partial charge is 0.275 e. The van der Waals surface area contributed by atoms with Gasteiger partial charge in [0.05, 0.1) is 11.5 Å². The summed E-state index contributed by atoms with van der Waals surface area (Å²) >= 11 is 0. The maximum atomic E-state index is 11.3. The second kappa shape index (κ2) is 10.2. The number of benzene rings is 2. The van der Waals surface area contributed by atoms with Gasteiger partial charge in [-0.1, -0.05) is 24.3 Å². The zero-order valence-corrected chi connectivity index (χ0v) is 18.5. The summed E-state index contributed by atoms with van der Waals surface area (Å²) in [6.45, 7) is 9.47. The van der Waals surface area contributed by atoms with Crippen molar-refractivity contribution in [3.63, 3.8) is 0 Å². The van der Waals surface area contributed by atoms with Crippen molar-refractivity contribution >= 4 is 5.69 Å². The van der Waals surface area contributed by atoms with Gasteiger partial charge < -0.3 is 10.1 Å². The second-order valence-electron chi connectivity index (χ2n) is 8.67. The van der Waals surface area contributed by atoms with E-state index in [1.165, 1.54) is 11.1 Å². The Hall–Kier alpha value is -2.24. The molecule has 30 heavy (non-hydrogen) atoms. The van der Waals surface area contributed by atoms with Crippen LogP contribution in [0.2, 0.25) is 0 Å². The largest absolute Gasteiger partial charge is 0.381 e. The van der Waals surface area contributed by atoms with E-state index >= 15 is 0 Å². The summed E-state index contributed by atoms with van der Waals surface area (Å²) in [6.07, 6.45) is 5.29. The Kier molecular flexibility index (Phi) is 7.62. The lowest BCUT2D eigenvalue weighted by molar-refractivity contribution is -0.386. The van der Waals surface area contributed by atoms with Crippen LogP contribution in [0.1, 0.15) is 54.0 Å². The second-order valence-corrected chi connectivity index (χ2v) is 8.67. The fraction of sp³-hybridized carbons (Fsp3) is 0.520. The zero-order valence-electron chi connectivity index (χ0n) is 18.5. The van der Waals surface area contributed by atoms with Crippen molar-refractivity contribution in [1.82, 2.24) is 5.32 Å². The molecule has 0 aliphatic carbocycles. The lowest BCUT2D eigenvalue weighted by atomic mass is 9.75. The summed E-state index contributed by atoms with van der Waals surface area (Å²) < 4.78 is 5.86. The van der Waals surface area contributed by atoms with E-state index in [1.807, 2.05) is 26.0 Å². The maximum Gasteiger partial charge on any atom is 0.275 e. The summed E-state index contributed by atoms with van der Waals surface area (Å²) in [5.41, 5.74) is 5.78. The average molecular weight is 411 g/mol. The summed E-state index contributed by atoms with van der Waals surface area (Å²) in [7, 11) is 0. The zero-order chi connectivity index (χ0) is 21.6. The minimum atomic E-state index is -0.279. The van der Waals surface area contributed by atoms with Crippen molar-refractivity contribution in [1.29, 1.82) is 0 Å². The Balaban J connectivity index is 1.77. The van der Waals surface area contributed by atoms with Crippen LogP contribution in [0, 0.1) is 29.4 Å². The molecular formula is C25H34N2O3. The number of ether oxygens (including phenoxy) is 1. The van der Waals surface area contributed by atoms with Crippen molar-refractivity contribution in [2.45, 2.75) is 52.9 Å². The molecule has 2 aromatic rings. The quantitative estimate of drug-likeness (QED) is 0.459. The molecule has 1 saturated heterocycles. The number of aryl methyl sites for hydroxylation is 3. The van der Waals surface area contributed by atoms with Gasteiger partial charge in [-0.3, -0.25) is 10.1 Å². The van der Waals surface area contributed by atoms with Gasteiger partial charge in [-0.15, -0.1) is 0 Å². The molecule has 1 fully saturated rings. The Morgan fingerprint density at radius 1 is 1.10 bits per heavy atom. The topological polar surface area (TPSA) is 64.4 Å². The van der Waals surface area contributed by atoms with Gasteiger partial charge in [-0.25, -0.2) is 0 Å². The van der Waals surface area contributed by atoms with E-state index in [0.29, 0.717) is 0 Å². The van der Waals surface area contributed by atoms with E-state index < -0.39 is 0 Å². The third-order valence-corrected chi connectivity index (χ3v) is 6.45. The first-order chi connectivity index (χ1) is 14.4. The van der Waals surface area contributed by atoms with E-state index in [9.17, 15) is 10.1 Å². The van der Waals surface area contributed by atoms with Gasteiger partial charge in [-0.05, 0) is 100 Å². The lowest BCUT2D eigenvalue weighted by Crippen LogP contribution is -2.40. The Morgan fingerprint density at radius 2 is 1.73 bits per heavy atom. The van der Waals surface area contributed by atoms with Crippen LogP contribution in [-0.4, -0.2) is 31.2 Å². The van der Waals surface area contributed by atoms with Crippen molar-refractivity contribution in [3.05, 3.63) is 74.3 Å². The SMILES string of the molecule is CCOCC1(CCc2ccccc2Cc2cc(C)c([N+](=O)[O-])c(C)c2)CCNCC1. The molecule has 1 N–H and O–H groups in total. The normalized spacial score (nSPS) is 15.8. The number of hydrogen-bond donors (Lipinski definition) is 1. The molecule has 0 saturated carbocycles. The first-order valence-corrected chi connectivity index (χ1v) is 11.0. The van der Waals surface area contributed by atoms with Gasteiger partial charge in [-0.2, -0.15) is 0 Å². The van der Waals surface area contributed by atoms with Crippen LogP contribution in [0.15, 0.2) is 36.4 Å². The molecule has 162 valence electrons. The van der Waals surface area contributed by atoms with Gasteiger partial charge in [0.25, 0.3) is 5.69 Å². The molecule has 5 nitrogen and oxygen atoms in total.